The van der Waals surface area contributed by atoms with Crippen molar-refractivity contribution in [3.05, 3.63) is 72.3 Å². The zero-order valence-corrected chi connectivity index (χ0v) is 25.2. The number of hydrogen-bond acceptors (Lipinski definition) is 8. The van der Waals surface area contributed by atoms with Crippen molar-refractivity contribution in [2.45, 2.75) is 31.3 Å². The monoisotopic (exact) mass is 629 g/mol. The van der Waals surface area contributed by atoms with Crippen LogP contribution in [0.5, 0.6) is 5.88 Å². The number of ether oxygens (including phenoxy) is 2. The summed E-state index contributed by atoms with van der Waals surface area (Å²) < 4.78 is 81.9. The largest absolute Gasteiger partial charge is 0.480 e. The second-order valence-electron chi connectivity index (χ2n) is 11.1. The molecule has 0 atom stereocenters. The Labute approximate surface area is 252 Å². The molecule has 5 rings (SSSR count). The lowest BCUT2D eigenvalue weighted by Gasteiger charge is -2.37. The van der Waals surface area contributed by atoms with Gasteiger partial charge in [-0.3, -0.25) is 9.71 Å². The molecule has 0 unspecified atom stereocenters. The predicted molar refractivity (Wildman–Crippen MR) is 159 cm³/mol. The van der Waals surface area contributed by atoms with E-state index in [2.05, 4.69) is 14.7 Å². The number of pyridine rings is 2. The van der Waals surface area contributed by atoms with Crippen molar-refractivity contribution in [3.8, 4) is 17.0 Å². The number of carbonyl (C=O) groups excluding carboxylic acids is 1. The van der Waals surface area contributed by atoms with Crippen LogP contribution in [0.4, 0.5) is 29.3 Å². The van der Waals surface area contributed by atoms with E-state index in [1.807, 2.05) is 4.90 Å². The lowest BCUT2D eigenvalue weighted by molar-refractivity contribution is 0.0240. The van der Waals surface area contributed by atoms with E-state index in [1.165, 1.54) is 19.4 Å². The van der Waals surface area contributed by atoms with Crippen LogP contribution in [0, 0.1) is 17.5 Å². The fraction of sp³-hybridized carbons (Fsp3) is 0.300. The molecule has 0 radical (unpaired) electrons. The molecular weight excluding hydrogens is 599 g/mol. The zero-order chi connectivity index (χ0) is 31.8. The minimum Gasteiger partial charge on any atom is -0.480 e. The van der Waals surface area contributed by atoms with E-state index in [4.69, 9.17) is 9.47 Å². The highest BCUT2D eigenvalue weighted by Crippen LogP contribution is 2.35. The van der Waals surface area contributed by atoms with E-state index in [1.54, 1.807) is 43.9 Å². The Balaban J connectivity index is 1.46. The minimum absolute atomic E-state index is 0.0862. The number of aromatic nitrogens is 2. The number of nitrogens with one attached hydrogen (secondary N) is 1. The topological polar surface area (TPSA) is 114 Å². The predicted octanol–water partition coefficient (Wildman–Crippen LogP) is 5.58. The molecule has 1 N–H and O–H groups in total. The lowest BCUT2D eigenvalue weighted by Crippen LogP contribution is -2.50. The highest BCUT2D eigenvalue weighted by Gasteiger charge is 2.28. The average Bonchev–Trinajstić information content (AvgIpc) is 2.95. The second-order valence-corrected chi connectivity index (χ2v) is 12.8. The van der Waals surface area contributed by atoms with E-state index in [-0.39, 0.29) is 11.6 Å². The normalized spacial score (nSPS) is 14.1. The van der Waals surface area contributed by atoms with Gasteiger partial charge in [-0.15, -0.1) is 0 Å². The van der Waals surface area contributed by atoms with Crippen LogP contribution < -0.4 is 14.4 Å². The van der Waals surface area contributed by atoms with Gasteiger partial charge < -0.3 is 19.3 Å². The molecule has 0 aliphatic carbocycles. The first-order valence-corrected chi connectivity index (χ1v) is 15.1. The summed E-state index contributed by atoms with van der Waals surface area (Å²) >= 11 is 0. The van der Waals surface area contributed by atoms with Gasteiger partial charge >= 0.3 is 6.09 Å². The van der Waals surface area contributed by atoms with E-state index in [0.717, 1.165) is 18.3 Å². The number of nitrogens with zero attached hydrogens (tertiary/aromatic N) is 4. The third-order valence-corrected chi connectivity index (χ3v) is 8.25. The fourth-order valence-electron chi connectivity index (χ4n) is 4.83. The zero-order valence-electron chi connectivity index (χ0n) is 24.4. The maximum atomic E-state index is 15.3. The highest BCUT2D eigenvalue weighted by atomic mass is 32.2. The van der Waals surface area contributed by atoms with Crippen molar-refractivity contribution in [1.29, 1.82) is 0 Å². The molecule has 0 spiro atoms. The minimum atomic E-state index is -4.49. The van der Waals surface area contributed by atoms with Crippen molar-refractivity contribution in [2.75, 3.05) is 42.9 Å². The molecule has 1 aliphatic rings. The Bertz CT molecular complexity index is 1840. The van der Waals surface area contributed by atoms with Gasteiger partial charge in [0, 0.05) is 49.4 Å². The fourth-order valence-corrected chi connectivity index (χ4v) is 5.94. The first-order chi connectivity index (χ1) is 20.8. The van der Waals surface area contributed by atoms with Gasteiger partial charge in [-0.25, -0.2) is 31.4 Å². The molecule has 14 heteroatoms. The highest BCUT2D eigenvalue weighted by molar-refractivity contribution is 7.92. The first-order valence-electron chi connectivity index (χ1n) is 13.6. The van der Waals surface area contributed by atoms with Gasteiger partial charge in [-0.1, -0.05) is 6.07 Å². The molecule has 1 fully saturated rings. The summed E-state index contributed by atoms with van der Waals surface area (Å²) in [7, 11) is -3.20. The standard InChI is InChI=1S/C30H30F3N5O5S/c1-30(2,3)43-29(39)38-11-9-37(10-12-38)27-21-13-18(5-7-24(21)34-17-23(27)33)19-14-25(28(42-4)35-16-19)36-44(40,41)26-8-6-20(31)15-22(26)32/h5-8,13-17,36H,9-12H2,1-4H3. The molecule has 1 amide bonds. The van der Waals surface area contributed by atoms with Crippen LogP contribution in [0.15, 0.2) is 59.8 Å². The Morgan fingerprint density at radius 1 is 0.909 bits per heavy atom. The van der Waals surface area contributed by atoms with E-state index < -0.39 is 44.1 Å². The summed E-state index contributed by atoms with van der Waals surface area (Å²) in [6.07, 6.45) is 2.16. The average molecular weight is 630 g/mol. The smallest absolute Gasteiger partial charge is 0.410 e. The summed E-state index contributed by atoms with van der Waals surface area (Å²) in [5, 5.41) is 0.500. The Kier molecular flexibility index (Phi) is 8.30. The van der Waals surface area contributed by atoms with Crippen LogP contribution in [0.25, 0.3) is 22.0 Å². The second kappa shape index (κ2) is 11.8. The van der Waals surface area contributed by atoms with E-state index in [9.17, 15) is 22.0 Å². The van der Waals surface area contributed by atoms with Crippen molar-refractivity contribution in [1.82, 2.24) is 14.9 Å². The molecule has 2 aromatic heterocycles. The molecule has 4 aromatic rings. The van der Waals surface area contributed by atoms with Gasteiger partial charge in [0.1, 0.15) is 27.8 Å². The van der Waals surface area contributed by atoms with Crippen LogP contribution in [0.3, 0.4) is 0 Å². The van der Waals surface area contributed by atoms with Crippen molar-refractivity contribution in [3.63, 3.8) is 0 Å². The van der Waals surface area contributed by atoms with Crippen LogP contribution >= 0.6 is 0 Å². The molecule has 3 heterocycles. The molecule has 10 nitrogen and oxygen atoms in total. The molecule has 44 heavy (non-hydrogen) atoms. The summed E-state index contributed by atoms with van der Waals surface area (Å²) in [6.45, 7) is 6.75. The van der Waals surface area contributed by atoms with E-state index in [0.29, 0.717) is 60.0 Å². The number of anilines is 2. The SMILES string of the molecule is COc1ncc(-c2ccc3ncc(F)c(N4CCN(C(=O)OC(C)(C)C)CC4)c3c2)cc1NS(=O)(=O)c1ccc(F)cc1F. The number of rotatable bonds is 6. The Morgan fingerprint density at radius 2 is 1.64 bits per heavy atom. The molecule has 0 saturated carbocycles. The van der Waals surface area contributed by atoms with Gasteiger partial charge in [0.05, 0.1) is 24.5 Å². The third-order valence-electron chi connectivity index (χ3n) is 6.85. The summed E-state index contributed by atoms with van der Waals surface area (Å²) in [4.78, 5) is 23.6. The first kappa shape index (κ1) is 30.9. The molecule has 1 saturated heterocycles. The van der Waals surface area contributed by atoms with Gasteiger partial charge in [-0.05, 0) is 56.7 Å². The summed E-state index contributed by atoms with van der Waals surface area (Å²) in [5.74, 6) is -2.81. The van der Waals surface area contributed by atoms with Crippen LogP contribution in [0.2, 0.25) is 0 Å². The molecule has 0 bridgehead atoms. The third kappa shape index (κ3) is 6.49. The number of carbonyl (C=O) groups is 1. The number of amides is 1. The Hall–Kier alpha value is -4.59. The number of benzene rings is 2. The Morgan fingerprint density at radius 3 is 2.30 bits per heavy atom. The number of piperazine rings is 1. The van der Waals surface area contributed by atoms with E-state index >= 15 is 4.39 Å². The molecule has 2 aromatic carbocycles. The molecule has 1 aliphatic heterocycles. The summed E-state index contributed by atoms with van der Waals surface area (Å²) in [5.41, 5.74) is 1.11. The molecule has 232 valence electrons. The van der Waals surface area contributed by atoms with Crippen molar-refractivity contribution in [2.24, 2.45) is 0 Å². The van der Waals surface area contributed by atoms with Gasteiger partial charge in [0.15, 0.2) is 5.82 Å². The maximum Gasteiger partial charge on any atom is 0.410 e. The number of methoxy groups -OCH3 is 1. The van der Waals surface area contributed by atoms with Crippen LogP contribution in [-0.4, -0.2) is 68.3 Å². The molecular formula is C30H30F3N5O5S. The van der Waals surface area contributed by atoms with Crippen LogP contribution in [0.1, 0.15) is 20.8 Å². The number of fused-ring (bicyclic) bond motifs is 1. The quantitative estimate of drug-likeness (QED) is 0.294. The number of halogens is 3. The number of sulfonamides is 1. The number of hydrogen-bond donors (Lipinski definition) is 1. The summed E-state index contributed by atoms with van der Waals surface area (Å²) in [6, 6.07) is 8.70. The van der Waals surface area contributed by atoms with Crippen molar-refractivity contribution < 1.29 is 35.9 Å². The van der Waals surface area contributed by atoms with Gasteiger partial charge in [-0.2, -0.15) is 0 Å². The van der Waals surface area contributed by atoms with Crippen molar-refractivity contribution >= 4 is 38.4 Å². The van der Waals surface area contributed by atoms with Gasteiger partial charge in [0.25, 0.3) is 10.0 Å². The maximum absolute atomic E-state index is 15.3. The lowest BCUT2D eigenvalue weighted by atomic mass is 10.0. The van der Waals surface area contributed by atoms with Crippen LogP contribution in [-0.2, 0) is 14.8 Å². The van der Waals surface area contributed by atoms with Gasteiger partial charge in [0.2, 0.25) is 5.88 Å².